The van der Waals surface area contributed by atoms with Crippen molar-refractivity contribution in [3.63, 3.8) is 0 Å². The molecule has 4 rings (SSSR count). The Hall–Kier alpha value is -3.86. The zero-order valence-corrected chi connectivity index (χ0v) is 19.4. The fourth-order valence-corrected chi connectivity index (χ4v) is 3.24. The lowest BCUT2D eigenvalue weighted by atomic mass is 10.2. The molecule has 0 aliphatic heterocycles. The minimum absolute atomic E-state index is 0.210. The average molecular weight is 487 g/mol. The fraction of sp³-hybridized carbons (Fsp3) is 0.292. The highest BCUT2D eigenvalue weighted by Crippen LogP contribution is 2.27. The second kappa shape index (κ2) is 10.2. The van der Waals surface area contributed by atoms with Gasteiger partial charge >= 0.3 is 6.36 Å². The predicted octanol–water partition coefficient (Wildman–Crippen LogP) is 4.80. The van der Waals surface area contributed by atoms with E-state index in [0.29, 0.717) is 24.4 Å². The molecule has 11 heteroatoms. The molecular weight excluding hydrogens is 463 g/mol. The molecular formula is C24H24F3N5O3. The van der Waals surface area contributed by atoms with Crippen LogP contribution in [0.2, 0.25) is 0 Å². The maximum Gasteiger partial charge on any atom is 0.573 e. The predicted molar refractivity (Wildman–Crippen MR) is 122 cm³/mol. The van der Waals surface area contributed by atoms with E-state index in [2.05, 4.69) is 24.9 Å². The Morgan fingerprint density at radius 1 is 1.00 bits per heavy atom. The first-order valence-electron chi connectivity index (χ1n) is 10.8. The Bertz CT molecular complexity index is 1250. The molecule has 4 aromatic rings. The van der Waals surface area contributed by atoms with Gasteiger partial charge in [-0.2, -0.15) is 10.1 Å². The molecule has 0 amide bonds. The van der Waals surface area contributed by atoms with Gasteiger partial charge in [-0.3, -0.25) is 4.68 Å². The summed E-state index contributed by atoms with van der Waals surface area (Å²) in [5.74, 6) is 0.926. The lowest BCUT2D eigenvalue weighted by Crippen LogP contribution is -2.19. The molecule has 2 heterocycles. The van der Waals surface area contributed by atoms with Crippen molar-refractivity contribution < 1.29 is 27.2 Å². The Morgan fingerprint density at radius 2 is 1.69 bits per heavy atom. The molecule has 8 nitrogen and oxygen atoms in total. The Balaban J connectivity index is 1.42. The van der Waals surface area contributed by atoms with Crippen LogP contribution in [-0.2, 0) is 6.54 Å². The number of aromatic nitrogens is 4. The molecule has 0 unspecified atom stereocenters. The number of alkyl halides is 3. The average Bonchev–Trinajstić information content (AvgIpc) is 3.42. The van der Waals surface area contributed by atoms with Crippen molar-refractivity contribution >= 4 is 0 Å². The van der Waals surface area contributed by atoms with Gasteiger partial charge in [-0.1, -0.05) is 17.3 Å². The van der Waals surface area contributed by atoms with Gasteiger partial charge in [0.2, 0.25) is 5.82 Å². The first kappa shape index (κ1) is 24.3. The molecule has 0 saturated carbocycles. The molecule has 0 aliphatic rings. The number of ether oxygens (including phenoxy) is 2. The number of rotatable bonds is 9. The standard InChI is InChI=1S/C24H24F3N5O3/c1-16-14-21(29-32(16)15-17-4-8-19(9-5-17)33-13-12-31(2)3)23-28-22(30-35-23)18-6-10-20(11-7-18)34-24(25,26)27/h4-11,14H,12-13,15H2,1-3H3. The van der Waals surface area contributed by atoms with Crippen molar-refractivity contribution in [2.75, 3.05) is 27.2 Å². The third-order valence-electron chi connectivity index (χ3n) is 5.04. The number of hydrogen-bond acceptors (Lipinski definition) is 7. The summed E-state index contributed by atoms with van der Waals surface area (Å²) in [7, 11) is 3.99. The molecule has 184 valence electrons. The van der Waals surface area contributed by atoms with Crippen molar-refractivity contribution in [3.8, 4) is 34.5 Å². The summed E-state index contributed by atoms with van der Waals surface area (Å²) in [6.45, 7) is 3.93. The summed E-state index contributed by atoms with van der Waals surface area (Å²) in [5.41, 5.74) is 2.94. The highest BCUT2D eigenvalue weighted by Gasteiger charge is 2.31. The molecule has 0 radical (unpaired) electrons. The van der Waals surface area contributed by atoms with Crippen molar-refractivity contribution in [2.45, 2.75) is 19.8 Å². The van der Waals surface area contributed by atoms with E-state index < -0.39 is 6.36 Å². The normalized spacial score (nSPS) is 11.7. The second-order valence-corrected chi connectivity index (χ2v) is 8.12. The Kier molecular flexibility index (Phi) is 7.06. The number of nitrogens with zero attached hydrogens (tertiary/aromatic N) is 5. The van der Waals surface area contributed by atoms with Crippen LogP contribution < -0.4 is 9.47 Å². The second-order valence-electron chi connectivity index (χ2n) is 8.12. The molecule has 0 saturated heterocycles. The monoisotopic (exact) mass is 487 g/mol. The summed E-state index contributed by atoms with van der Waals surface area (Å²) < 4.78 is 53.8. The fourth-order valence-electron chi connectivity index (χ4n) is 3.24. The van der Waals surface area contributed by atoms with Gasteiger partial charge in [-0.05, 0) is 69.0 Å². The van der Waals surface area contributed by atoms with Gasteiger partial charge in [0.05, 0.1) is 6.54 Å². The zero-order chi connectivity index (χ0) is 25.0. The van der Waals surface area contributed by atoms with Crippen molar-refractivity contribution in [1.82, 2.24) is 24.8 Å². The van der Waals surface area contributed by atoms with Crippen LogP contribution in [0.25, 0.3) is 23.0 Å². The van der Waals surface area contributed by atoms with E-state index >= 15 is 0 Å². The maximum atomic E-state index is 12.3. The van der Waals surface area contributed by atoms with Crippen molar-refractivity contribution in [1.29, 1.82) is 0 Å². The SMILES string of the molecule is Cc1cc(-c2nc(-c3ccc(OC(F)(F)F)cc3)no2)nn1Cc1ccc(OCCN(C)C)cc1. The molecule has 0 fully saturated rings. The number of hydrogen-bond donors (Lipinski definition) is 0. The molecule has 35 heavy (non-hydrogen) atoms. The van der Waals surface area contributed by atoms with E-state index in [9.17, 15) is 13.2 Å². The van der Waals surface area contributed by atoms with Gasteiger partial charge in [0.25, 0.3) is 5.89 Å². The van der Waals surface area contributed by atoms with Crippen molar-refractivity contribution in [2.24, 2.45) is 0 Å². The van der Waals surface area contributed by atoms with Gasteiger partial charge in [0.15, 0.2) is 5.69 Å². The van der Waals surface area contributed by atoms with Crippen molar-refractivity contribution in [3.05, 3.63) is 65.9 Å². The topological polar surface area (TPSA) is 78.4 Å². The lowest BCUT2D eigenvalue weighted by Gasteiger charge is -2.11. The quantitative estimate of drug-likeness (QED) is 0.336. The molecule has 0 spiro atoms. The Morgan fingerprint density at radius 3 is 2.34 bits per heavy atom. The van der Waals surface area contributed by atoms with Gasteiger partial charge in [0.1, 0.15) is 18.1 Å². The van der Waals surface area contributed by atoms with Gasteiger partial charge in [0, 0.05) is 17.8 Å². The van der Waals surface area contributed by atoms with Gasteiger partial charge < -0.3 is 18.9 Å². The summed E-state index contributed by atoms with van der Waals surface area (Å²) in [5, 5.41) is 8.49. The van der Waals surface area contributed by atoms with Crippen LogP contribution in [0, 0.1) is 6.92 Å². The van der Waals surface area contributed by atoms with Gasteiger partial charge in [-0.25, -0.2) is 0 Å². The lowest BCUT2D eigenvalue weighted by molar-refractivity contribution is -0.274. The molecule has 0 N–H and O–H groups in total. The van der Waals surface area contributed by atoms with Gasteiger partial charge in [-0.15, -0.1) is 13.2 Å². The highest BCUT2D eigenvalue weighted by atomic mass is 19.4. The molecule has 0 aliphatic carbocycles. The smallest absolute Gasteiger partial charge is 0.492 e. The number of aryl methyl sites for hydroxylation is 1. The van der Waals surface area contributed by atoms with Crippen LogP contribution in [0.3, 0.4) is 0 Å². The first-order valence-corrected chi connectivity index (χ1v) is 10.8. The van der Waals surface area contributed by atoms with E-state index in [1.165, 1.54) is 24.3 Å². The molecule has 2 aromatic carbocycles. The number of halogens is 3. The maximum absolute atomic E-state index is 12.3. The van der Waals surface area contributed by atoms with Crippen LogP contribution in [0.15, 0.2) is 59.1 Å². The largest absolute Gasteiger partial charge is 0.573 e. The first-order chi connectivity index (χ1) is 16.7. The molecule has 0 atom stereocenters. The third kappa shape index (κ3) is 6.60. The zero-order valence-electron chi connectivity index (χ0n) is 19.4. The Labute approximate surface area is 199 Å². The van der Waals surface area contributed by atoms with E-state index in [1.807, 2.05) is 56.0 Å². The van der Waals surface area contributed by atoms with Crippen LogP contribution in [-0.4, -0.2) is 58.4 Å². The summed E-state index contributed by atoms with van der Waals surface area (Å²) in [4.78, 5) is 6.39. The highest BCUT2D eigenvalue weighted by molar-refractivity contribution is 5.58. The van der Waals surface area contributed by atoms with Crippen LogP contribution in [0.4, 0.5) is 13.2 Å². The van der Waals surface area contributed by atoms with Crippen LogP contribution in [0.1, 0.15) is 11.3 Å². The molecule has 0 bridgehead atoms. The van der Waals surface area contributed by atoms with E-state index in [0.717, 1.165) is 23.6 Å². The van der Waals surface area contributed by atoms with E-state index in [1.54, 1.807) is 0 Å². The minimum Gasteiger partial charge on any atom is -0.492 e. The van der Waals surface area contributed by atoms with Crippen LogP contribution in [0.5, 0.6) is 11.5 Å². The van der Waals surface area contributed by atoms with E-state index in [4.69, 9.17) is 9.26 Å². The summed E-state index contributed by atoms with van der Waals surface area (Å²) >= 11 is 0. The third-order valence-corrected chi connectivity index (χ3v) is 5.04. The van der Waals surface area contributed by atoms with E-state index in [-0.39, 0.29) is 17.5 Å². The summed E-state index contributed by atoms with van der Waals surface area (Å²) in [6.07, 6.45) is -4.75. The summed E-state index contributed by atoms with van der Waals surface area (Å²) in [6, 6.07) is 14.9. The number of benzene rings is 2. The number of likely N-dealkylation sites (N-methyl/N-ethyl adjacent to an activating group) is 1. The minimum atomic E-state index is -4.75. The van der Waals surface area contributed by atoms with Crippen LogP contribution >= 0.6 is 0 Å². The molecule has 2 aromatic heterocycles.